The largest absolute Gasteiger partial charge is 0.377 e. The fourth-order valence-corrected chi connectivity index (χ4v) is 3.82. The molecule has 2 unspecified atom stereocenters. The average molecular weight is 296 g/mol. The molecule has 1 aliphatic carbocycles. The molecular formula is C17H32N2O2. The molecular weight excluding hydrogens is 264 g/mol. The molecule has 0 aromatic heterocycles. The monoisotopic (exact) mass is 296 g/mol. The van der Waals surface area contributed by atoms with E-state index in [2.05, 4.69) is 26.1 Å². The van der Waals surface area contributed by atoms with E-state index in [1.807, 2.05) is 0 Å². The summed E-state index contributed by atoms with van der Waals surface area (Å²) in [6.07, 6.45) is 7.41. The molecule has 0 radical (unpaired) electrons. The minimum absolute atomic E-state index is 0.0421. The second-order valence-electron chi connectivity index (χ2n) is 7.99. The maximum Gasteiger partial charge on any atom is 0.240 e. The first-order valence-electron chi connectivity index (χ1n) is 8.52. The Kier molecular flexibility index (Phi) is 5.31. The van der Waals surface area contributed by atoms with E-state index in [0.717, 1.165) is 45.1 Å². The summed E-state index contributed by atoms with van der Waals surface area (Å²) in [5.41, 5.74) is 5.77. The molecule has 1 saturated heterocycles. The van der Waals surface area contributed by atoms with Crippen molar-refractivity contribution < 1.29 is 9.53 Å². The standard InChI is InChI=1S/C17H32N2O2/c1-16(2,3)14-13(8-7-11-21-14)12-19-15(20)17(18)9-5-4-6-10-17/h13-14H,4-12,18H2,1-3H3,(H,19,20). The summed E-state index contributed by atoms with van der Waals surface area (Å²) in [6.45, 7) is 8.17. The molecule has 1 heterocycles. The van der Waals surface area contributed by atoms with Crippen LogP contribution in [0.1, 0.15) is 65.7 Å². The molecule has 1 saturated carbocycles. The van der Waals surface area contributed by atoms with Gasteiger partial charge in [-0.05, 0) is 31.1 Å². The predicted molar refractivity (Wildman–Crippen MR) is 84.9 cm³/mol. The van der Waals surface area contributed by atoms with Gasteiger partial charge in [-0.2, -0.15) is 0 Å². The Morgan fingerprint density at radius 3 is 2.52 bits per heavy atom. The van der Waals surface area contributed by atoms with Crippen LogP contribution in [0.5, 0.6) is 0 Å². The quantitative estimate of drug-likeness (QED) is 0.841. The molecule has 0 bridgehead atoms. The van der Waals surface area contributed by atoms with Crippen LogP contribution in [0.2, 0.25) is 0 Å². The maximum absolute atomic E-state index is 12.4. The number of hydrogen-bond acceptors (Lipinski definition) is 3. The summed E-state index contributed by atoms with van der Waals surface area (Å²) in [4.78, 5) is 12.4. The molecule has 0 aromatic carbocycles. The van der Waals surface area contributed by atoms with Crippen molar-refractivity contribution in [2.75, 3.05) is 13.2 Å². The summed E-state index contributed by atoms with van der Waals surface area (Å²) in [5.74, 6) is 0.440. The highest BCUT2D eigenvalue weighted by atomic mass is 16.5. The van der Waals surface area contributed by atoms with Crippen LogP contribution < -0.4 is 11.1 Å². The highest BCUT2D eigenvalue weighted by Crippen LogP contribution is 2.34. The van der Waals surface area contributed by atoms with Gasteiger partial charge in [0.2, 0.25) is 5.91 Å². The molecule has 122 valence electrons. The van der Waals surface area contributed by atoms with Crippen molar-refractivity contribution in [3.63, 3.8) is 0 Å². The molecule has 2 aliphatic rings. The average Bonchev–Trinajstić information content (AvgIpc) is 2.45. The van der Waals surface area contributed by atoms with Crippen molar-refractivity contribution in [2.24, 2.45) is 17.1 Å². The Morgan fingerprint density at radius 2 is 1.90 bits per heavy atom. The zero-order valence-electron chi connectivity index (χ0n) is 13.9. The van der Waals surface area contributed by atoms with Crippen LogP contribution >= 0.6 is 0 Å². The Labute approximate surface area is 129 Å². The highest BCUT2D eigenvalue weighted by Gasteiger charge is 2.38. The number of carbonyl (C=O) groups is 1. The third-order valence-electron chi connectivity index (χ3n) is 5.02. The number of ether oxygens (including phenoxy) is 1. The van der Waals surface area contributed by atoms with Crippen LogP contribution in [0.4, 0.5) is 0 Å². The summed E-state index contributed by atoms with van der Waals surface area (Å²) >= 11 is 0. The van der Waals surface area contributed by atoms with Gasteiger partial charge in [0.05, 0.1) is 11.6 Å². The number of carbonyl (C=O) groups excluding carboxylic acids is 1. The normalized spacial score (nSPS) is 29.9. The lowest BCUT2D eigenvalue weighted by Crippen LogP contribution is -2.56. The van der Waals surface area contributed by atoms with Crippen LogP contribution in [-0.4, -0.2) is 30.7 Å². The van der Waals surface area contributed by atoms with E-state index in [1.165, 1.54) is 6.42 Å². The van der Waals surface area contributed by atoms with E-state index in [1.54, 1.807) is 0 Å². The van der Waals surface area contributed by atoms with Crippen LogP contribution in [-0.2, 0) is 9.53 Å². The number of nitrogens with two attached hydrogens (primary N) is 1. The van der Waals surface area contributed by atoms with E-state index < -0.39 is 5.54 Å². The van der Waals surface area contributed by atoms with Crippen LogP contribution in [0.3, 0.4) is 0 Å². The number of rotatable bonds is 3. The number of nitrogens with one attached hydrogen (secondary N) is 1. The molecule has 0 spiro atoms. The fourth-order valence-electron chi connectivity index (χ4n) is 3.82. The third-order valence-corrected chi connectivity index (χ3v) is 5.02. The Bertz CT molecular complexity index is 356. The fraction of sp³-hybridized carbons (Fsp3) is 0.941. The van der Waals surface area contributed by atoms with E-state index >= 15 is 0 Å². The minimum Gasteiger partial charge on any atom is -0.377 e. The van der Waals surface area contributed by atoms with Gasteiger partial charge in [0, 0.05) is 19.1 Å². The lowest BCUT2D eigenvalue weighted by molar-refractivity contribution is -0.129. The number of amides is 1. The third kappa shape index (κ3) is 4.19. The zero-order valence-corrected chi connectivity index (χ0v) is 13.9. The van der Waals surface area contributed by atoms with Gasteiger partial charge in [-0.1, -0.05) is 40.0 Å². The van der Waals surface area contributed by atoms with Crippen LogP contribution in [0.25, 0.3) is 0 Å². The molecule has 1 amide bonds. The molecule has 21 heavy (non-hydrogen) atoms. The minimum atomic E-state index is -0.634. The Morgan fingerprint density at radius 1 is 1.24 bits per heavy atom. The summed E-state index contributed by atoms with van der Waals surface area (Å²) in [6, 6.07) is 0. The van der Waals surface area contributed by atoms with Gasteiger partial charge in [0.25, 0.3) is 0 Å². The number of hydrogen-bond donors (Lipinski definition) is 2. The Hall–Kier alpha value is -0.610. The topological polar surface area (TPSA) is 64.3 Å². The first-order valence-corrected chi connectivity index (χ1v) is 8.52. The molecule has 0 aromatic rings. The predicted octanol–water partition coefficient (Wildman–Crippen LogP) is 2.61. The smallest absolute Gasteiger partial charge is 0.240 e. The first kappa shape index (κ1) is 16.8. The zero-order chi connectivity index (χ0) is 15.5. The molecule has 3 N–H and O–H groups in total. The molecule has 1 aliphatic heterocycles. The van der Waals surface area contributed by atoms with Crippen LogP contribution in [0, 0.1) is 11.3 Å². The highest BCUT2D eigenvalue weighted by molar-refractivity contribution is 5.86. The summed E-state index contributed by atoms with van der Waals surface area (Å²) in [5, 5.41) is 3.12. The van der Waals surface area contributed by atoms with Crippen molar-refractivity contribution in [3.05, 3.63) is 0 Å². The van der Waals surface area contributed by atoms with Gasteiger partial charge in [0.1, 0.15) is 0 Å². The van der Waals surface area contributed by atoms with E-state index in [9.17, 15) is 4.79 Å². The van der Waals surface area contributed by atoms with Crippen LogP contribution in [0.15, 0.2) is 0 Å². The second-order valence-corrected chi connectivity index (χ2v) is 7.99. The van der Waals surface area contributed by atoms with Crippen molar-refractivity contribution in [2.45, 2.75) is 77.4 Å². The molecule has 4 heteroatoms. The lowest BCUT2D eigenvalue weighted by atomic mass is 9.77. The maximum atomic E-state index is 12.4. The van der Waals surface area contributed by atoms with Crippen molar-refractivity contribution in [3.8, 4) is 0 Å². The lowest BCUT2D eigenvalue weighted by Gasteiger charge is -2.41. The first-order chi connectivity index (χ1) is 9.83. The molecule has 4 nitrogen and oxygen atoms in total. The molecule has 2 atom stereocenters. The van der Waals surface area contributed by atoms with Gasteiger partial charge in [-0.15, -0.1) is 0 Å². The van der Waals surface area contributed by atoms with Gasteiger partial charge in [0.15, 0.2) is 0 Å². The molecule has 2 fully saturated rings. The van der Waals surface area contributed by atoms with Gasteiger partial charge >= 0.3 is 0 Å². The van der Waals surface area contributed by atoms with Gasteiger partial charge in [-0.25, -0.2) is 0 Å². The second kappa shape index (κ2) is 6.66. The summed E-state index contributed by atoms with van der Waals surface area (Å²) in [7, 11) is 0. The SMILES string of the molecule is CC(C)(C)C1OCCCC1CNC(=O)C1(N)CCCCC1. The Balaban J connectivity index is 1.90. The van der Waals surface area contributed by atoms with Crippen molar-refractivity contribution >= 4 is 5.91 Å². The van der Waals surface area contributed by atoms with Crippen molar-refractivity contribution in [1.29, 1.82) is 0 Å². The van der Waals surface area contributed by atoms with E-state index in [0.29, 0.717) is 12.5 Å². The summed E-state index contributed by atoms with van der Waals surface area (Å²) < 4.78 is 5.98. The molecule has 2 rings (SSSR count). The van der Waals surface area contributed by atoms with E-state index in [4.69, 9.17) is 10.5 Å². The van der Waals surface area contributed by atoms with E-state index in [-0.39, 0.29) is 17.4 Å². The van der Waals surface area contributed by atoms with Gasteiger partial charge in [-0.3, -0.25) is 4.79 Å². The van der Waals surface area contributed by atoms with Crippen molar-refractivity contribution in [1.82, 2.24) is 5.32 Å². The van der Waals surface area contributed by atoms with Gasteiger partial charge < -0.3 is 15.8 Å².